The van der Waals surface area contributed by atoms with E-state index in [0.717, 1.165) is 19.3 Å². The van der Waals surface area contributed by atoms with Crippen molar-refractivity contribution in [2.45, 2.75) is 366 Å². The number of allylic oxidation sites excluding steroid dienone is 2. The van der Waals surface area contributed by atoms with Gasteiger partial charge in [-0.25, -0.2) is 0 Å². The summed E-state index contributed by atoms with van der Waals surface area (Å²) in [6.45, 7) is 1.19. The van der Waals surface area contributed by atoms with E-state index in [4.69, 9.17) is 9.47 Å². The van der Waals surface area contributed by atoms with Gasteiger partial charge in [0.25, 0.3) is 0 Å². The molecule has 1 unspecified atom stereocenters. The highest BCUT2D eigenvalue weighted by molar-refractivity contribution is 5.80. The van der Waals surface area contributed by atoms with Gasteiger partial charge in [0.15, 0.2) is 0 Å². The Kier molecular flexibility index (Phi) is 54.2. The lowest BCUT2D eigenvalue weighted by Gasteiger charge is -2.27. The van der Waals surface area contributed by atoms with E-state index in [0.29, 0.717) is 6.42 Å². The number of ether oxygens (including phenoxy) is 2. The highest BCUT2D eigenvalue weighted by atomic mass is 16.6. The summed E-state index contributed by atoms with van der Waals surface area (Å²) in [4.78, 5) is 24.7. The van der Waals surface area contributed by atoms with Gasteiger partial charge in [-0.1, -0.05) is 340 Å². The van der Waals surface area contributed by atoms with E-state index in [2.05, 4.69) is 19.1 Å². The summed E-state index contributed by atoms with van der Waals surface area (Å²) in [5.41, 5.74) is -1.12. The molecule has 1 heterocycles. The number of cyclic esters (lactones) is 2. The lowest BCUT2D eigenvalue weighted by atomic mass is 9.92. The molecule has 1 aliphatic heterocycles. The Morgan fingerprint density at radius 2 is 0.589 bits per heavy atom. The normalized spacial score (nSPS) is 15.2. The molecule has 1 saturated heterocycles. The van der Waals surface area contributed by atoms with Gasteiger partial charge in [0, 0.05) is 0 Å². The smallest absolute Gasteiger partial charge is 0.309 e. The molecule has 0 amide bonds. The minimum atomic E-state index is -1.12. The van der Waals surface area contributed by atoms with Gasteiger partial charge in [-0.3, -0.25) is 9.59 Å². The van der Waals surface area contributed by atoms with Crippen LogP contribution >= 0.6 is 0 Å². The molecule has 1 aliphatic rings. The van der Waals surface area contributed by atoms with Gasteiger partial charge in [0.2, 0.25) is 0 Å². The van der Waals surface area contributed by atoms with Crippen LogP contribution in [0, 0.1) is 11.3 Å². The largest absolute Gasteiger partial charge is 0.465 e. The van der Waals surface area contributed by atoms with Gasteiger partial charge < -0.3 is 19.7 Å². The number of carbonyl (C=O) groups excluding carboxylic acids is 2. The Hall–Kier alpha value is -1.40. The van der Waals surface area contributed by atoms with Crippen LogP contribution in [0.5, 0.6) is 0 Å². The molecule has 1 fully saturated rings. The zero-order chi connectivity index (χ0) is 52.5. The average molecular weight is 1030 g/mol. The number of aliphatic hydroxyl groups is 2. The molecular formula is C67H128O6. The number of rotatable bonds is 58. The second-order valence-corrected chi connectivity index (χ2v) is 23.9. The topological polar surface area (TPSA) is 93.1 Å². The maximum Gasteiger partial charge on any atom is 0.309 e. The highest BCUT2D eigenvalue weighted by Gasteiger charge is 2.36. The van der Waals surface area contributed by atoms with Crippen molar-refractivity contribution in [1.82, 2.24) is 0 Å². The average Bonchev–Trinajstić information content (AvgIpc) is 3.46. The van der Waals surface area contributed by atoms with Crippen LogP contribution in [-0.2, 0) is 19.1 Å². The fourth-order valence-electron chi connectivity index (χ4n) is 11.1. The molecule has 0 bridgehead atoms. The molecule has 432 valence electrons. The van der Waals surface area contributed by atoms with Gasteiger partial charge in [-0.2, -0.15) is 0 Å². The highest BCUT2D eigenvalue weighted by Crippen LogP contribution is 2.25. The van der Waals surface area contributed by atoms with Crippen molar-refractivity contribution >= 4 is 11.9 Å². The summed E-state index contributed by atoms with van der Waals surface area (Å²) >= 11 is 0. The van der Waals surface area contributed by atoms with Gasteiger partial charge >= 0.3 is 11.9 Å². The number of hydrogen-bond donors (Lipinski definition) is 2. The minimum absolute atomic E-state index is 0.00525. The summed E-state index contributed by atoms with van der Waals surface area (Å²) in [6, 6.07) is 0. The molecule has 0 aromatic carbocycles. The van der Waals surface area contributed by atoms with Crippen LogP contribution in [0.25, 0.3) is 0 Å². The zero-order valence-corrected chi connectivity index (χ0v) is 49.2. The summed E-state index contributed by atoms with van der Waals surface area (Å²) in [7, 11) is 0. The van der Waals surface area contributed by atoms with E-state index in [1.807, 2.05) is 0 Å². The second kappa shape index (κ2) is 56.8. The van der Waals surface area contributed by atoms with Gasteiger partial charge in [-0.05, 0) is 32.1 Å². The molecule has 0 saturated carbocycles. The van der Waals surface area contributed by atoms with Gasteiger partial charge in [0.05, 0.1) is 31.0 Å². The standard InChI is InChI=1S/C67H128O6/c1-2-3-4-5-6-7-8-9-10-11-12-13-14-15-16-17-18-19-20-21-22-23-24-25-26-27-28-29-30-31-32-33-34-35-36-37-38-39-40-41-42-43-44-45-46-47-48-49-50-51-52-53-54-55-56-57-58-64-59-65(70)72-62-67(60-68,61-69)63-73-66(64)71/h6-7,64,68-69H,2-5,8-63H2,1H3/b7-6+. The van der Waals surface area contributed by atoms with Crippen LogP contribution in [-0.4, -0.2) is 48.6 Å². The fraction of sp³-hybridized carbons (Fsp3) is 0.940. The number of unbranched alkanes of at least 4 members (excludes halogenated alkanes) is 52. The molecule has 6 nitrogen and oxygen atoms in total. The summed E-state index contributed by atoms with van der Waals surface area (Å²) in [6.07, 6.45) is 81.7. The molecule has 0 spiro atoms. The number of aliphatic hydroxyl groups excluding tert-OH is 2. The van der Waals surface area contributed by atoms with Crippen molar-refractivity contribution in [2.75, 3.05) is 26.4 Å². The molecule has 6 heteroatoms. The third-order valence-corrected chi connectivity index (χ3v) is 16.5. The lowest BCUT2D eigenvalue weighted by Crippen LogP contribution is -2.40. The van der Waals surface area contributed by atoms with Crippen LogP contribution in [0.3, 0.4) is 0 Å². The third-order valence-electron chi connectivity index (χ3n) is 16.5. The van der Waals surface area contributed by atoms with E-state index in [9.17, 15) is 19.8 Å². The summed E-state index contributed by atoms with van der Waals surface area (Å²) in [5, 5.41) is 19.2. The molecule has 73 heavy (non-hydrogen) atoms. The van der Waals surface area contributed by atoms with Crippen LogP contribution in [0.15, 0.2) is 12.2 Å². The first-order valence-electron chi connectivity index (χ1n) is 33.3. The molecule has 0 radical (unpaired) electrons. The Morgan fingerprint density at radius 3 is 0.849 bits per heavy atom. The maximum atomic E-state index is 12.6. The van der Waals surface area contributed by atoms with Crippen LogP contribution < -0.4 is 0 Å². The first-order chi connectivity index (χ1) is 36.1. The third kappa shape index (κ3) is 48.7. The minimum Gasteiger partial charge on any atom is -0.465 e. The van der Waals surface area contributed by atoms with Gasteiger partial charge in [-0.15, -0.1) is 0 Å². The van der Waals surface area contributed by atoms with Crippen molar-refractivity contribution in [3.8, 4) is 0 Å². The van der Waals surface area contributed by atoms with E-state index in [1.165, 1.54) is 327 Å². The molecule has 0 aromatic heterocycles. The lowest BCUT2D eigenvalue weighted by molar-refractivity contribution is -0.155. The Labute approximate surface area is 455 Å². The number of esters is 2. The van der Waals surface area contributed by atoms with Crippen molar-refractivity contribution in [3.63, 3.8) is 0 Å². The van der Waals surface area contributed by atoms with E-state index < -0.39 is 36.5 Å². The second-order valence-electron chi connectivity index (χ2n) is 23.9. The monoisotopic (exact) mass is 1030 g/mol. The first-order valence-corrected chi connectivity index (χ1v) is 33.3. The Morgan fingerprint density at radius 1 is 0.356 bits per heavy atom. The Bertz CT molecular complexity index is 1150. The predicted octanol–water partition coefficient (Wildman–Crippen LogP) is 21.1. The van der Waals surface area contributed by atoms with Crippen molar-refractivity contribution < 1.29 is 29.3 Å². The number of carbonyl (C=O) groups is 2. The van der Waals surface area contributed by atoms with E-state index >= 15 is 0 Å². The SMILES string of the molecule is CCCCC/C=C/CCCCCCCCCCCCCCCCCCCCCCCCCCCCCCCCCCCCCCCCCCCCCCCCCCCC1CC(=O)OCC(CO)(CO)COC1=O. The van der Waals surface area contributed by atoms with E-state index in [-0.39, 0.29) is 19.6 Å². The predicted molar refractivity (Wildman–Crippen MR) is 315 cm³/mol. The van der Waals surface area contributed by atoms with Crippen LogP contribution in [0.2, 0.25) is 0 Å². The molecule has 2 N–H and O–H groups in total. The molecule has 0 aliphatic carbocycles. The maximum absolute atomic E-state index is 12.6. The molecular weight excluding hydrogens is 901 g/mol. The molecule has 0 aromatic rings. The zero-order valence-electron chi connectivity index (χ0n) is 49.2. The van der Waals surface area contributed by atoms with Crippen molar-refractivity contribution in [1.29, 1.82) is 0 Å². The summed E-state index contributed by atoms with van der Waals surface area (Å²) < 4.78 is 10.6. The van der Waals surface area contributed by atoms with Crippen molar-refractivity contribution in [2.24, 2.45) is 11.3 Å². The molecule has 1 rings (SSSR count). The quantitative estimate of drug-likeness (QED) is 0.0358. The molecule has 1 atom stereocenters. The van der Waals surface area contributed by atoms with Gasteiger partial charge in [0.1, 0.15) is 13.2 Å². The Balaban J connectivity index is 1.66. The van der Waals surface area contributed by atoms with Crippen molar-refractivity contribution in [3.05, 3.63) is 12.2 Å². The van der Waals surface area contributed by atoms with Crippen LogP contribution in [0.4, 0.5) is 0 Å². The van der Waals surface area contributed by atoms with Crippen LogP contribution in [0.1, 0.15) is 366 Å². The number of hydrogen-bond acceptors (Lipinski definition) is 6. The van der Waals surface area contributed by atoms with E-state index in [1.54, 1.807) is 0 Å². The summed E-state index contributed by atoms with van der Waals surface area (Å²) in [5.74, 6) is -1.40. The first kappa shape index (κ1) is 69.6. The fourth-order valence-corrected chi connectivity index (χ4v) is 11.1.